The van der Waals surface area contributed by atoms with Crippen molar-refractivity contribution in [1.82, 2.24) is 9.80 Å². The van der Waals surface area contributed by atoms with Crippen molar-refractivity contribution in [3.63, 3.8) is 0 Å². The molecule has 5 heteroatoms. The van der Waals surface area contributed by atoms with Crippen molar-refractivity contribution in [1.29, 1.82) is 5.41 Å². The van der Waals surface area contributed by atoms with Gasteiger partial charge in [0.15, 0.2) is 5.96 Å². The minimum atomic E-state index is 0.102. The zero-order valence-corrected chi connectivity index (χ0v) is 11.4. The van der Waals surface area contributed by atoms with Crippen LogP contribution < -0.4 is 5.73 Å². The molecule has 0 bridgehead atoms. The lowest BCUT2D eigenvalue weighted by molar-refractivity contribution is 0.0509. The second-order valence-electron chi connectivity index (χ2n) is 4.81. The normalized spacial score (nSPS) is 18.3. The van der Waals surface area contributed by atoms with Gasteiger partial charge in [0.2, 0.25) is 0 Å². The van der Waals surface area contributed by atoms with Crippen LogP contribution in [0.5, 0.6) is 0 Å². The summed E-state index contributed by atoms with van der Waals surface area (Å²) in [5.41, 5.74) is 6.70. The van der Waals surface area contributed by atoms with Gasteiger partial charge in [-0.2, -0.15) is 0 Å². The van der Waals surface area contributed by atoms with Gasteiger partial charge in [0.05, 0.1) is 6.10 Å². The van der Waals surface area contributed by atoms with Crippen molar-refractivity contribution < 1.29 is 4.74 Å². The fraction of sp³-hybridized carbons (Fsp3) is 0.500. The Balaban J connectivity index is 1.89. The molecule has 19 heavy (non-hydrogen) atoms. The molecule has 1 saturated heterocycles. The standard InChI is InChI=1S/C14H22N4O/c1-19-13(12-5-3-2-4-6-12)11-17-7-9-18(10-8-17)14(15)16/h2-6,13H,7-11H2,1H3,(H3,15,16). The fourth-order valence-corrected chi connectivity index (χ4v) is 2.39. The Hall–Kier alpha value is -1.59. The maximum atomic E-state index is 7.43. The van der Waals surface area contributed by atoms with Gasteiger partial charge in [-0.05, 0) is 5.56 Å². The summed E-state index contributed by atoms with van der Waals surface area (Å²) in [6.07, 6.45) is 0.102. The highest BCUT2D eigenvalue weighted by molar-refractivity contribution is 5.74. The maximum Gasteiger partial charge on any atom is 0.188 e. The van der Waals surface area contributed by atoms with Crippen LogP contribution in [0.2, 0.25) is 0 Å². The summed E-state index contributed by atoms with van der Waals surface area (Å²) in [5, 5.41) is 7.43. The first-order chi connectivity index (χ1) is 9.20. The number of piperazine rings is 1. The molecule has 3 N–H and O–H groups in total. The van der Waals surface area contributed by atoms with Crippen LogP contribution in [0.15, 0.2) is 30.3 Å². The van der Waals surface area contributed by atoms with E-state index in [1.54, 1.807) is 7.11 Å². The van der Waals surface area contributed by atoms with Crippen LogP contribution in [-0.4, -0.2) is 55.6 Å². The highest BCUT2D eigenvalue weighted by Crippen LogP contribution is 2.18. The van der Waals surface area contributed by atoms with Gasteiger partial charge in [-0.3, -0.25) is 10.3 Å². The van der Waals surface area contributed by atoms with Gasteiger partial charge in [-0.15, -0.1) is 0 Å². The Labute approximate surface area is 114 Å². The molecule has 1 unspecified atom stereocenters. The molecule has 0 spiro atoms. The van der Waals surface area contributed by atoms with Gasteiger partial charge in [-0.25, -0.2) is 0 Å². The van der Waals surface area contributed by atoms with E-state index in [1.165, 1.54) is 5.56 Å². The molecule has 0 aliphatic carbocycles. The molecule has 1 heterocycles. The zero-order valence-electron chi connectivity index (χ0n) is 11.4. The number of nitrogens with zero attached hydrogens (tertiary/aromatic N) is 2. The third kappa shape index (κ3) is 3.68. The van der Waals surface area contributed by atoms with Gasteiger partial charge >= 0.3 is 0 Å². The number of hydrogen-bond acceptors (Lipinski definition) is 3. The van der Waals surface area contributed by atoms with E-state index in [2.05, 4.69) is 17.0 Å². The summed E-state index contributed by atoms with van der Waals surface area (Å²) in [6, 6.07) is 10.3. The molecule has 104 valence electrons. The monoisotopic (exact) mass is 262 g/mol. The van der Waals surface area contributed by atoms with Crippen molar-refractivity contribution >= 4 is 5.96 Å². The number of nitrogens with two attached hydrogens (primary N) is 1. The molecule has 1 aliphatic heterocycles. The average Bonchev–Trinajstić information content (AvgIpc) is 2.46. The fourth-order valence-electron chi connectivity index (χ4n) is 2.39. The number of hydrogen-bond donors (Lipinski definition) is 2. The minimum absolute atomic E-state index is 0.102. The predicted molar refractivity (Wildman–Crippen MR) is 76.1 cm³/mol. The van der Waals surface area contributed by atoms with Crippen LogP contribution in [-0.2, 0) is 4.74 Å². The van der Waals surface area contributed by atoms with Crippen LogP contribution in [0.3, 0.4) is 0 Å². The Morgan fingerprint density at radius 2 is 1.89 bits per heavy atom. The van der Waals surface area contributed by atoms with E-state index < -0.39 is 0 Å². The maximum absolute atomic E-state index is 7.43. The van der Waals surface area contributed by atoms with Gasteiger partial charge in [0, 0.05) is 39.8 Å². The number of nitrogens with one attached hydrogen (secondary N) is 1. The molecular formula is C14H22N4O. The summed E-state index contributed by atoms with van der Waals surface area (Å²) < 4.78 is 5.59. The molecule has 1 atom stereocenters. The van der Waals surface area contributed by atoms with Crippen molar-refractivity contribution in [2.75, 3.05) is 39.8 Å². The predicted octanol–water partition coefficient (Wildman–Crippen LogP) is 0.885. The third-order valence-corrected chi connectivity index (χ3v) is 3.59. The lowest BCUT2D eigenvalue weighted by Crippen LogP contribution is -2.51. The van der Waals surface area contributed by atoms with E-state index >= 15 is 0 Å². The van der Waals surface area contributed by atoms with Gasteiger partial charge < -0.3 is 15.4 Å². The Kier molecular flexibility index (Phi) is 4.76. The Morgan fingerprint density at radius 1 is 1.26 bits per heavy atom. The third-order valence-electron chi connectivity index (χ3n) is 3.59. The van der Waals surface area contributed by atoms with Crippen molar-refractivity contribution in [2.24, 2.45) is 5.73 Å². The largest absolute Gasteiger partial charge is 0.375 e. The van der Waals surface area contributed by atoms with Gasteiger partial charge in [0.1, 0.15) is 0 Å². The quantitative estimate of drug-likeness (QED) is 0.624. The molecule has 1 aromatic carbocycles. The summed E-state index contributed by atoms with van der Waals surface area (Å²) in [7, 11) is 1.75. The van der Waals surface area contributed by atoms with E-state index in [0.29, 0.717) is 0 Å². The lowest BCUT2D eigenvalue weighted by Gasteiger charge is -2.36. The van der Waals surface area contributed by atoms with Crippen molar-refractivity contribution in [3.05, 3.63) is 35.9 Å². The first-order valence-corrected chi connectivity index (χ1v) is 6.59. The number of methoxy groups -OCH3 is 1. The second kappa shape index (κ2) is 6.54. The molecule has 0 aromatic heterocycles. The van der Waals surface area contributed by atoms with Crippen molar-refractivity contribution in [3.8, 4) is 0 Å². The van der Waals surface area contributed by atoms with Crippen molar-refractivity contribution in [2.45, 2.75) is 6.10 Å². The molecule has 1 fully saturated rings. The van der Waals surface area contributed by atoms with E-state index in [9.17, 15) is 0 Å². The number of ether oxygens (including phenoxy) is 1. The van der Waals surface area contributed by atoms with Crippen LogP contribution in [0.1, 0.15) is 11.7 Å². The van der Waals surface area contributed by atoms with E-state index in [0.717, 1.165) is 32.7 Å². The molecule has 2 rings (SSSR count). The van der Waals surface area contributed by atoms with E-state index in [4.69, 9.17) is 15.9 Å². The van der Waals surface area contributed by atoms with Gasteiger partial charge in [0.25, 0.3) is 0 Å². The summed E-state index contributed by atoms with van der Waals surface area (Å²) in [6.45, 7) is 4.37. The topological polar surface area (TPSA) is 65.6 Å². The molecule has 1 aliphatic rings. The smallest absolute Gasteiger partial charge is 0.188 e. The highest BCUT2D eigenvalue weighted by atomic mass is 16.5. The first-order valence-electron chi connectivity index (χ1n) is 6.59. The van der Waals surface area contributed by atoms with Crippen LogP contribution in [0.25, 0.3) is 0 Å². The Bertz CT molecular complexity index is 401. The number of rotatable bonds is 4. The Morgan fingerprint density at radius 3 is 2.42 bits per heavy atom. The molecule has 0 saturated carbocycles. The van der Waals surface area contributed by atoms with E-state index in [-0.39, 0.29) is 12.1 Å². The zero-order chi connectivity index (χ0) is 13.7. The molecule has 1 aromatic rings. The van der Waals surface area contributed by atoms with Gasteiger partial charge in [-0.1, -0.05) is 30.3 Å². The number of benzene rings is 1. The minimum Gasteiger partial charge on any atom is -0.375 e. The van der Waals surface area contributed by atoms with Crippen LogP contribution in [0, 0.1) is 5.41 Å². The molecule has 5 nitrogen and oxygen atoms in total. The second-order valence-corrected chi connectivity index (χ2v) is 4.81. The number of guanidine groups is 1. The van der Waals surface area contributed by atoms with Crippen LogP contribution >= 0.6 is 0 Å². The lowest BCUT2D eigenvalue weighted by atomic mass is 10.1. The molecule has 0 amide bonds. The van der Waals surface area contributed by atoms with Crippen LogP contribution in [0.4, 0.5) is 0 Å². The highest BCUT2D eigenvalue weighted by Gasteiger charge is 2.21. The SMILES string of the molecule is COC(CN1CCN(C(=N)N)CC1)c1ccccc1. The summed E-state index contributed by atoms with van der Waals surface area (Å²) in [5.74, 6) is 0.172. The van der Waals surface area contributed by atoms with E-state index in [1.807, 2.05) is 23.1 Å². The first kappa shape index (κ1) is 13.8. The molecule has 0 radical (unpaired) electrons. The summed E-state index contributed by atoms with van der Waals surface area (Å²) >= 11 is 0. The summed E-state index contributed by atoms with van der Waals surface area (Å²) in [4.78, 5) is 4.27. The average molecular weight is 262 g/mol. The molecular weight excluding hydrogens is 240 g/mol.